The van der Waals surface area contributed by atoms with Crippen molar-refractivity contribution in [3.63, 3.8) is 0 Å². The van der Waals surface area contributed by atoms with Crippen LogP contribution in [0.3, 0.4) is 0 Å². The summed E-state index contributed by atoms with van der Waals surface area (Å²) in [7, 11) is 0. The normalized spacial score (nSPS) is 12.0. The van der Waals surface area contributed by atoms with E-state index in [2.05, 4.69) is 4.98 Å². The molecule has 0 bridgehead atoms. The molecule has 0 aliphatic heterocycles. The topological polar surface area (TPSA) is 12.9 Å². The summed E-state index contributed by atoms with van der Waals surface area (Å²) in [5.74, 6) is 0. The smallest absolute Gasteiger partial charge is 0.246 e. The van der Waals surface area contributed by atoms with Crippen molar-refractivity contribution in [1.82, 2.24) is 4.98 Å². The van der Waals surface area contributed by atoms with Gasteiger partial charge < -0.3 is 0 Å². The van der Waals surface area contributed by atoms with Gasteiger partial charge in [0.25, 0.3) is 0 Å². The summed E-state index contributed by atoms with van der Waals surface area (Å²) in [5.41, 5.74) is 0.735. The highest BCUT2D eigenvalue weighted by molar-refractivity contribution is 7.09. The summed E-state index contributed by atoms with van der Waals surface area (Å²) in [6.07, 6.45) is -4.35. The lowest BCUT2D eigenvalue weighted by Gasteiger charge is -2.01. The van der Waals surface area contributed by atoms with Crippen molar-refractivity contribution in [2.24, 2.45) is 0 Å². The third-order valence-electron chi connectivity index (χ3n) is 1.31. The molecule has 12 heavy (non-hydrogen) atoms. The predicted molar refractivity (Wildman–Crippen MR) is 41.3 cm³/mol. The molecule has 68 valence electrons. The van der Waals surface area contributed by atoms with Gasteiger partial charge >= 0.3 is 6.18 Å². The first-order valence-electron chi connectivity index (χ1n) is 3.51. The Morgan fingerprint density at radius 2 is 2.17 bits per heavy atom. The van der Waals surface area contributed by atoms with Crippen molar-refractivity contribution in [3.8, 4) is 0 Å². The quantitative estimate of drug-likeness (QED) is 0.707. The van der Waals surface area contributed by atoms with Gasteiger partial charge in [-0.25, -0.2) is 4.98 Å². The molecule has 0 aromatic carbocycles. The second kappa shape index (κ2) is 3.43. The molecule has 0 spiro atoms. The van der Waals surface area contributed by atoms with Crippen LogP contribution in [0.15, 0.2) is 5.38 Å². The number of aromatic nitrogens is 1. The van der Waals surface area contributed by atoms with E-state index < -0.39 is 12.6 Å². The Morgan fingerprint density at radius 1 is 1.50 bits per heavy atom. The summed E-state index contributed by atoms with van der Waals surface area (Å²) in [6, 6.07) is 0. The molecular weight excluding hydrogens is 187 g/mol. The van der Waals surface area contributed by atoms with Crippen LogP contribution in [0.25, 0.3) is 0 Å². The zero-order valence-corrected chi connectivity index (χ0v) is 7.30. The maximum absolute atomic E-state index is 11.8. The number of thiazole rings is 1. The van der Waals surface area contributed by atoms with Crippen LogP contribution in [0.2, 0.25) is 0 Å². The van der Waals surface area contributed by atoms with Crippen LogP contribution in [0.1, 0.15) is 17.6 Å². The number of hydrogen-bond acceptors (Lipinski definition) is 2. The lowest BCUT2D eigenvalue weighted by molar-refractivity contribution is -0.127. The second-order valence-electron chi connectivity index (χ2n) is 2.38. The standard InChI is InChI=1S/C7H8F3NS/c1-2-5-4-12-6(11-5)3-7(8,9)10/h4H,2-3H2,1H3. The monoisotopic (exact) mass is 195 g/mol. The lowest BCUT2D eigenvalue weighted by atomic mass is 10.4. The third kappa shape index (κ3) is 2.81. The van der Waals surface area contributed by atoms with Crippen molar-refractivity contribution >= 4 is 11.3 Å². The molecular formula is C7H8F3NS. The number of hydrogen-bond donors (Lipinski definition) is 0. The molecule has 0 amide bonds. The Morgan fingerprint density at radius 3 is 2.58 bits per heavy atom. The van der Waals surface area contributed by atoms with Gasteiger partial charge in [0.1, 0.15) is 5.01 Å². The molecule has 0 saturated carbocycles. The van der Waals surface area contributed by atoms with Gasteiger partial charge in [0, 0.05) is 5.38 Å². The van der Waals surface area contributed by atoms with Crippen molar-refractivity contribution in [2.75, 3.05) is 0 Å². The number of aryl methyl sites for hydroxylation is 1. The van der Waals surface area contributed by atoms with Crippen LogP contribution in [0.4, 0.5) is 13.2 Å². The number of rotatable bonds is 2. The van der Waals surface area contributed by atoms with Crippen LogP contribution in [-0.4, -0.2) is 11.2 Å². The van der Waals surface area contributed by atoms with Crippen LogP contribution in [0.5, 0.6) is 0 Å². The Labute approximate surface area is 72.2 Å². The molecule has 0 fully saturated rings. The molecule has 0 N–H and O–H groups in total. The minimum absolute atomic E-state index is 0.152. The van der Waals surface area contributed by atoms with Crippen LogP contribution in [-0.2, 0) is 12.8 Å². The lowest BCUT2D eigenvalue weighted by Crippen LogP contribution is -2.11. The van der Waals surface area contributed by atoms with Gasteiger partial charge in [-0.2, -0.15) is 13.2 Å². The van der Waals surface area contributed by atoms with Gasteiger partial charge in [0.15, 0.2) is 0 Å². The highest BCUT2D eigenvalue weighted by Gasteiger charge is 2.29. The van der Waals surface area contributed by atoms with Crippen LogP contribution in [0, 0.1) is 0 Å². The van der Waals surface area contributed by atoms with E-state index in [4.69, 9.17) is 0 Å². The van der Waals surface area contributed by atoms with E-state index in [1.54, 1.807) is 5.38 Å². The molecule has 1 aromatic heterocycles. The minimum Gasteiger partial charge on any atom is -0.246 e. The van der Waals surface area contributed by atoms with Crippen molar-refractivity contribution in [1.29, 1.82) is 0 Å². The fraction of sp³-hybridized carbons (Fsp3) is 0.571. The fourth-order valence-electron chi connectivity index (χ4n) is 0.764. The highest BCUT2D eigenvalue weighted by Crippen LogP contribution is 2.23. The summed E-state index contributed by atoms with van der Waals surface area (Å²) in [5, 5.41) is 1.82. The first-order chi connectivity index (χ1) is 5.51. The van der Waals surface area contributed by atoms with Gasteiger partial charge in [-0.05, 0) is 6.42 Å². The van der Waals surface area contributed by atoms with Gasteiger partial charge in [-0.15, -0.1) is 11.3 Å². The van der Waals surface area contributed by atoms with E-state index in [1.165, 1.54) is 0 Å². The molecule has 0 aliphatic rings. The Kier molecular flexibility index (Phi) is 2.72. The van der Waals surface area contributed by atoms with Crippen LogP contribution >= 0.6 is 11.3 Å². The molecule has 1 nitrogen and oxygen atoms in total. The van der Waals surface area contributed by atoms with E-state index in [0.717, 1.165) is 17.0 Å². The summed E-state index contributed by atoms with van der Waals surface area (Å²) < 4.78 is 35.5. The molecule has 0 saturated heterocycles. The molecule has 0 radical (unpaired) electrons. The molecule has 1 heterocycles. The number of alkyl halides is 3. The minimum atomic E-state index is -4.14. The second-order valence-corrected chi connectivity index (χ2v) is 3.32. The van der Waals surface area contributed by atoms with E-state index in [-0.39, 0.29) is 5.01 Å². The maximum atomic E-state index is 11.8. The third-order valence-corrected chi connectivity index (χ3v) is 2.21. The highest BCUT2D eigenvalue weighted by atomic mass is 32.1. The molecule has 0 unspecified atom stereocenters. The van der Waals surface area contributed by atoms with E-state index in [0.29, 0.717) is 6.42 Å². The first-order valence-corrected chi connectivity index (χ1v) is 4.39. The first kappa shape index (κ1) is 9.51. The van der Waals surface area contributed by atoms with E-state index in [1.807, 2.05) is 6.92 Å². The average molecular weight is 195 g/mol. The summed E-state index contributed by atoms with van der Waals surface area (Å²) in [4.78, 5) is 3.81. The zero-order valence-electron chi connectivity index (χ0n) is 6.48. The van der Waals surface area contributed by atoms with Gasteiger partial charge in [0.05, 0.1) is 12.1 Å². The van der Waals surface area contributed by atoms with Gasteiger partial charge in [-0.1, -0.05) is 6.92 Å². The zero-order chi connectivity index (χ0) is 9.19. The van der Waals surface area contributed by atoms with Crippen molar-refractivity contribution in [2.45, 2.75) is 25.9 Å². The molecule has 1 rings (SSSR count). The summed E-state index contributed by atoms with van der Waals surface area (Å²) >= 11 is 1.07. The van der Waals surface area contributed by atoms with E-state index >= 15 is 0 Å². The molecule has 0 aliphatic carbocycles. The number of halogens is 3. The predicted octanol–water partition coefficient (Wildman–Crippen LogP) is 2.81. The number of nitrogens with zero attached hydrogens (tertiary/aromatic N) is 1. The maximum Gasteiger partial charge on any atom is 0.395 e. The summed E-state index contributed by atoms with van der Waals surface area (Å²) in [6.45, 7) is 1.87. The van der Waals surface area contributed by atoms with Gasteiger partial charge in [-0.3, -0.25) is 0 Å². The van der Waals surface area contributed by atoms with Crippen molar-refractivity contribution < 1.29 is 13.2 Å². The molecule has 5 heteroatoms. The average Bonchev–Trinajstić information content (AvgIpc) is 2.32. The molecule has 0 atom stereocenters. The largest absolute Gasteiger partial charge is 0.395 e. The fourth-order valence-corrected chi connectivity index (χ4v) is 1.67. The Bertz CT molecular complexity index is 253. The SMILES string of the molecule is CCc1csc(CC(F)(F)F)n1. The Hall–Kier alpha value is -0.580. The van der Waals surface area contributed by atoms with Gasteiger partial charge in [0.2, 0.25) is 0 Å². The van der Waals surface area contributed by atoms with Crippen molar-refractivity contribution in [3.05, 3.63) is 16.1 Å². The Balaban J connectivity index is 2.64. The molecule has 1 aromatic rings. The van der Waals surface area contributed by atoms with E-state index in [9.17, 15) is 13.2 Å². The van der Waals surface area contributed by atoms with Crippen LogP contribution < -0.4 is 0 Å².